The molecule has 38 valence electrons. The highest BCUT2D eigenvalue weighted by Gasteiger charge is 1.83. The van der Waals surface area contributed by atoms with Crippen LogP contribution in [0.2, 0.25) is 0 Å². The lowest BCUT2D eigenvalue weighted by molar-refractivity contribution is 0.972. The molecule has 0 heterocycles. The Balaban J connectivity index is 2.63. The van der Waals surface area contributed by atoms with Gasteiger partial charge < -0.3 is 0 Å². The molecule has 0 bridgehead atoms. The van der Waals surface area contributed by atoms with Crippen molar-refractivity contribution in [2.45, 2.75) is 0 Å². The van der Waals surface area contributed by atoms with E-state index < -0.39 is 0 Å². The zero-order chi connectivity index (χ0) is 4.99. The van der Waals surface area contributed by atoms with Gasteiger partial charge in [-0.15, -0.1) is 0 Å². The Morgan fingerprint density at radius 3 is 2.33 bits per heavy atom. The highest BCUT2D eigenvalue weighted by Crippen LogP contribution is 2.18. The first-order chi connectivity index (χ1) is 2.77. The molecule has 5 heteroatoms. The summed E-state index contributed by atoms with van der Waals surface area (Å²) in [5.41, 5.74) is 0. The topological polar surface area (TPSA) is 29.3 Å². The van der Waals surface area contributed by atoms with Crippen LogP contribution in [0.15, 0.2) is 0 Å². The van der Waals surface area contributed by atoms with Crippen molar-refractivity contribution in [3.05, 3.63) is 0 Å². The fourth-order valence-electron chi connectivity index (χ4n) is 0.0623. The summed E-state index contributed by atoms with van der Waals surface area (Å²) >= 11 is 3.87. The Morgan fingerprint density at radius 1 is 1.83 bits per heavy atom. The summed E-state index contributed by atoms with van der Waals surface area (Å²) in [5.74, 6) is 0. The number of thiol groups is 1. The summed E-state index contributed by atoms with van der Waals surface area (Å²) in [6, 6.07) is 0. The Morgan fingerprint density at radius 2 is 2.33 bits per heavy atom. The van der Waals surface area contributed by atoms with Gasteiger partial charge in [0.25, 0.3) is 0 Å². The number of rotatable bonds is 2. The van der Waals surface area contributed by atoms with Crippen molar-refractivity contribution in [3.8, 4) is 0 Å². The summed E-state index contributed by atoms with van der Waals surface area (Å²) in [6.07, 6.45) is 0. The first-order valence-corrected chi connectivity index (χ1v) is 3.80. The molecule has 0 rings (SSSR count). The van der Waals surface area contributed by atoms with E-state index in [1.165, 1.54) is 22.0 Å². The second-order valence-electron chi connectivity index (χ2n) is 0.635. The van der Waals surface area contributed by atoms with Gasteiger partial charge in [0, 0.05) is 29.0 Å². The fraction of sp³-hybridized carbons (Fsp3) is 1.00. The lowest BCUT2D eigenvalue weighted by Crippen LogP contribution is -1.87. The van der Waals surface area contributed by atoms with Crippen LogP contribution in [0.5, 0.6) is 0 Å². The zero-order valence-corrected chi connectivity index (χ0v) is 5.82. The van der Waals surface area contributed by atoms with Gasteiger partial charge in [-0.3, -0.25) is 5.14 Å². The fourth-order valence-corrected chi connectivity index (χ4v) is 0.907. The molecule has 0 atom stereocenters. The van der Waals surface area contributed by atoms with Crippen molar-refractivity contribution in [3.63, 3.8) is 0 Å². The molecule has 0 aliphatic rings. The van der Waals surface area contributed by atoms with Gasteiger partial charge in [-0.1, -0.05) is 12.8 Å². The van der Waals surface area contributed by atoms with Crippen LogP contribution in [0, 0.1) is 0 Å². The smallest absolute Gasteiger partial charge is 0.0183 e. The van der Waals surface area contributed by atoms with Crippen LogP contribution >= 0.6 is 34.8 Å². The van der Waals surface area contributed by atoms with Gasteiger partial charge in [0.2, 0.25) is 0 Å². The molecule has 0 aromatic heterocycles. The molecule has 0 saturated carbocycles. The van der Waals surface area contributed by atoms with Crippen LogP contribution in [0.3, 0.4) is 0 Å². The monoisotopic (exact) mass is 142 g/mol. The minimum absolute atomic E-state index is 1.18. The molecule has 0 fully saturated rings. The minimum atomic E-state index is 1.18. The Kier molecular flexibility index (Phi) is 4.81. The Hall–Kier alpha value is 0.970. The third-order valence-electron chi connectivity index (χ3n) is 0.151. The van der Waals surface area contributed by atoms with Crippen LogP contribution in [-0.2, 0) is 0 Å². The average Bonchev–Trinajstić information content (AvgIpc) is 1.35. The molecule has 2 N–H and O–H groups in total. The van der Waals surface area contributed by atoms with E-state index in [0.717, 1.165) is 0 Å². The highest BCUT2D eigenvalue weighted by molar-refractivity contribution is 8.75. The van der Waals surface area contributed by atoms with Crippen LogP contribution < -0.4 is 5.14 Å². The van der Waals surface area contributed by atoms with E-state index in [1.54, 1.807) is 3.71 Å². The first kappa shape index (κ1) is 6.97. The first-order valence-electron chi connectivity index (χ1n) is 1.23. The van der Waals surface area contributed by atoms with Gasteiger partial charge in [-0.05, 0) is 0 Å². The van der Waals surface area contributed by atoms with E-state index in [4.69, 9.17) is 5.14 Å². The number of nitrogens with two attached hydrogens (primary N) is 1. The van der Waals surface area contributed by atoms with Crippen molar-refractivity contribution >= 4 is 34.8 Å². The largest absolute Gasteiger partial charge is 0.267 e. The third-order valence-corrected chi connectivity index (χ3v) is 1.96. The van der Waals surface area contributed by atoms with Crippen molar-refractivity contribution in [1.82, 2.24) is 3.71 Å². The van der Waals surface area contributed by atoms with Crippen molar-refractivity contribution in [1.29, 1.82) is 0 Å². The molecule has 0 aromatic carbocycles. The van der Waals surface area contributed by atoms with Crippen LogP contribution in [0.25, 0.3) is 0 Å². The lowest BCUT2D eigenvalue weighted by Gasteiger charge is -1.99. The summed E-state index contributed by atoms with van der Waals surface area (Å²) < 4.78 is 1.63. The highest BCUT2D eigenvalue weighted by atomic mass is 33.1. The summed E-state index contributed by atoms with van der Waals surface area (Å²) in [6.45, 7) is 0. The zero-order valence-electron chi connectivity index (χ0n) is 3.29. The van der Waals surface area contributed by atoms with Gasteiger partial charge in [-0.25, -0.2) is 0 Å². The molecule has 0 spiro atoms. The Bertz CT molecular complexity index is 30.0. The van der Waals surface area contributed by atoms with Crippen molar-refractivity contribution < 1.29 is 0 Å². The van der Waals surface area contributed by atoms with Crippen LogP contribution in [0.4, 0.5) is 0 Å². The molecule has 6 heavy (non-hydrogen) atoms. The van der Waals surface area contributed by atoms with E-state index in [2.05, 4.69) is 12.8 Å². The Labute approximate surface area is 51.0 Å². The molecule has 0 unspecified atom stereocenters. The molecule has 0 aliphatic carbocycles. The third kappa shape index (κ3) is 4.97. The SMILES string of the molecule is CN(S)SSN. The maximum absolute atomic E-state index is 5.02. The van der Waals surface area contributed by atoms with Crippen molar-refractivity contribution in [2.24, 2.45) is 5.14 Å². The summed E-state index contributed by atoms with van der Waals surface area (Å²) in [4.78, 5) is 0. The second kappa shape index (κ2) is 4.14. The van der Waals surface area contributed by atoms with E-state index in [1.807, 2.05) is 7.05 Å². The molecule has 0 aliphatic heterocycles. The maximum atomic E-state index is 5.02. The average molecular weight is 142 g/mol. The van der Waals surface area contributed by atoms with Crippen LogP contribution in [0.1, 0.15) is 0 Å². The van der Waals surface area contributed by atoms with Gasteiger partial charge in [0.1, 0.15) is 0 Å². The van der Waals surface area contributed by atoms with E-state index >= 15 is 0 Å². The van der Waals surface area contributed by atoms with Gasteiger partial charge in [0.05, 0.1) is 0 Å². The molecule has 0 amide bonds. The predicted octanol–water partition coefficient (Wildman–Crippen LogP) is 0.933. The molecule has 2 nitrogen and oxygen atoms in total. The standard InChI is InChI=1S/CH6N2S3/c1-3(4)6-5-2/h4H,2H2,1H3. The quantitative estimate of drug-likeness (QED) is 0.341. The number of hydrogen-bond acceptors (Lipinski definition) is 5. The van der Waals surface area contributed by atoms with E-state index in [0.29, 0.717) is 0 Å². The molecule has 0 aromatic rings. The van der Waals surface area contributed by atoms with E-state index in [9.17, 15) is 0 Å². The van der Waals surface area contributed by atoms with Gasteiger partial charge in [-0.2, -0.15) is 3.71 Å². The lowest BCUT2D eigenvalue weighted by atomic mass is 11.6. The number of hydrogen-bond donors (Lipinski definition) is 2. The second-order valence-corrected chi connectivity index (χ2v) is 3.42. The predicted molar refractivity (Wildman–Crippen MR) is 36.1 cm³/mol. The normalized spacial score (nSPS) is 10.0. The molecular formula is CH6N2S3. The molecular weight excluding hydrogens is 136 g/mol. The summed E-state index contributed by atoms with van der Waals surface area (Å²) in [5, 5.41) is 5.02. The van der Waals surface area contributed by atoms with E-state index in [-0.39, 0.29) is 0 Å². The van der Waals surface area contributed by atoms with Crippen molar-refractivity contribution in [2.75, 3.05) is 7.05 Å². The minimum Gasteiger partial charge on any atom is -0.267 e. The number of nitrogens with zero attached hydrogens (tertiary/aromatic N) is 1. The van der Waals surface area contributed by atoms with Gasteiger partial charge >= 0.3 is 0 Å². The summed E-state index contributed by atoms with van der Waals surface area (Å²) in [7, 11) is 4.37. The maximum Gasteiger partial charge on any atom is 0.0183 e. The van der Waals surface area contributed by atoms with Gasteiger partial charge in [0.15, 0.2) is 0 Å². The molecule has 0 saturated heterocycles. The van der Waals surface area contributed by atoms with Crippen LogP contribution in [-0.4, -0.2) is 10.8 Å². The molecule has 0 radical (unpaired) electrons.